The van der Waals surface area contributed by atoms with Crippen molar-refractivity contribution >= 4 is 16.9 Å². The summed E-state index contributed by atoms with van der Waals surface area (Å²) in [6, 6.07) is 9.55. The molecule has 1 N–H and O–H groups in total. The summed E-state index contributed by atoms with van der Waals surface area (Å²) in [5.74, 6) is 2.70. The van der Waals surface area contributed by atoms with Crippen LogP contribution in [0.25, 0.3) is 11.0 Å². The summed E-state index contributed by atoms with van der Waals surface area (Å²) >= 11 is 0. The van der Waals surface area contributed by atoms with Gasteiger partial charge in [-0.2, -0.15) is 0 Å². The molecule has 2 aromatic rings. The summed E-state index contributed by atoms with van der Waals surface area (Å²) < 4.78 is 2.07. The van der Waals surface area contributed by atoms with Gasteiger partial charge in [-0.25, -0.2) is 4.98 Å². The molecule has 6 nitrogen and oxygen atoms in total. The van der Waals surface area contributed by atoms with Crippen LogP contribution in [0.1, 0.15) is 50.8 Å². The predicted octanol–water partition coefficient (Wildman–Crippen LogP) is 3.16. The number of benzene rings is 1. The summed E-state index contributed by atoms with van der Waals surface area (Å²) in [6.45, 7) is 4.34. The Kier molecular flexibility index (Phi) is 6.02. The minimum atomic E-state index is 0.145. The largest absolute Gasteiger partial charge is 0.349 e. The highest BCUT2D eigenvalue weighted by atomic mass is 16.1. The van der Waals surface area contributed by atoms with Gasteiger partial charge in [0, 0.05) is 32.1 Å². The molecular formula is C25H37N5O. The van der Waals surface area contributed by atoms with Crippen molar-refractivity contribution in [2.75, 3.05) is 26.7 Å². The lowest BCUT2D eigenvalue weighted by Gasteiger charge is -2.57. The average Bonchev–Trinajstić information content (AvgIpc) is 3.10. The molecule has 1 aromatic carbocycles. The van der Waals surface area contributed by atoms with Gasteiger partial charge in [0.1, 0.15) is 5.82 Å². The molecule has 5 rings (SSSR count). The van der Waals surface area contributed by atoms with Gasteiger partial charge in [0.05, 0.1) is 17.6 Å². The minimum Gasteiger partial charge on any atom is -0.349 e. The second kappa shape index (κ2) is 8.91. The van der Waals surface area contributed by atoms with Crippen LogP contribution in [0, 0.1) is 11.8 Å². The lowest BCUT2D eigenvalue weighted by Crippen LogP contribution is -2.63. The Morgan fingerprint density at radius 3 is 2.81 bits per heavy atom. The monoisotopic (exact) mass is 423 g/mol. The quantitative estimate of drug-likeness (QED) is 0.775. The van der Waals surface area contributed by atoms with Gasteiger partial charge in [-0.1, -0.05) is 12.1 Å². The number of nitrogens with one attached hydrogen (secondary N) is 1. The Bertz CT molecular complexity index is 922. The van der Waals surface area contributed by atoms with E-state index in [0.29, 0.717) is 19.0 Å². The summed E-state index contributed by atoms with van der Waals surface area (Å²) in [5.41, 5.74) is 2.09. The van der Waals surface area contributed by atoms with Crippen LogP contribution in [-0.2, 0) is 18.4 Å². The number of hydrogen-bond acceptors (Lipinski definition) is 4. The number of likely N-dealkylation sites (tertiary alicyclic amines) is 1. The number of rotatable bonds is 6. The molecule has 0 spiro atoms. The van der Waals surface area contributed by atoms with Gasteiger partial charge in [0.15, 0.2) is 0 Å². The first-order valence-corrected chi connectivity index (χ1v) is 12.2. The number of aromatic nitrogens is 2. The molecule has 0 unspecified atom stereocenters. The number of hydrogen-bond donors (Lipinski definition) is 1. The third kappa shape index (κ3) is 4.12. The van der Waals surface area contributed by atoms with E-state index in [4.69, 9.17) is 0 Å². The second-order valence-corrected chi connectivity index (χ2v) is 9.99. The number of nitrogens with zero attached hydrogens (tertiary/aromatic N) is 4. The van der Waals surface area contributed by atoms with Gasteiger partial charge >= 0.3 is 0 Å². The maximum absolute atomic E-state index is 12.5. The molecule has 168 valence electrons. The second-order valence-electron chi connectivity index (χ2n) is 9.99. The van der Waals surface area contributed by atoms with E-state index in [1.54, 1.807) is 0 Å². The van der Waals surface area contributed by atoms with E-state index < -0.39 is 0 Å². The van der Waals surface area contributed by atoms with Crippen LogP contribution in [0.3, 0.4) is 0 Å². The fourth-order valence-electron chi connectivity index (χ4n) is 6.73. The van der Waals surface area contributed by atoms with Crippen molar-refractivity contribution in [3.63, 3.8) is 0 Å². The lowest BCUT2D eigenvalue weighted by atomic mass is 9.69. The fourth-order valence-corrected chi connectivity index (χ4v) is 6.73. The van der Waals surface area contributed by atoms with Crippen LogP contribution in [-0.4, -0.2) is 64.0 Å². The molecule has 0 bridgehead atoms. The third-order valence-electron chi connectivity index (χ3n) is 8.16. The van der Waals surface area contributed by atoms with Crippen LogP contribution < -0.4 is 5.32 Å². The molecule has 31 heavy (non-hydrogen) atoms. The van der Waals surface area contributed by atoms with Crippen LogP contribution in [0.15, 0.2) is 24.3 Å². The Hall–Kier alpha value is -1.92. The van der Waals surface area contributed by atoms with Crippen molar-refractivity contribution in [3.05, 3.63) is 30.1 Å². The van der Waals surface area contributed by atoms with Crippen molar-refractivity contribution in [3.8, 4) is 0 Å². The van der Waals surface area contributed by atoms with Crippen LogP contribution in [0.5, 0.6) is 0 Å². The topological polar surface area (TPSA) is 53.4 Å². The van der Waals surface area contributed by atoms with Crippen molar-refractivity contribution in [2.45, 2.75) is 63.6 Å². The fraction of sp³-hybridized carbons (Fsp3) is 0.680. The van der Waals surface area contributed by atoms with Gasteiger partial charge in [0.25, 0.3) is 0 Å². The molecule has 3 fully saturated rings. The summed E-state index contributed by atoms with van der Waals surface area (Å²) in [6.07, 6.45) is 8.20. The number of imidazole rings is 1. The number of carbonyl (C=O) groups is 1. The zero-order valence-electron chi connectivity index (χ0n) is 19.1. The molecule has 6 heteroatoms. The van der Waals surface area contributed by atoms with E-state index in [1.165, 1.54) is 45.3 Å². The maximum Gasteiger partial charge on any atom is 0.220 e. The highest BCUT2D eigenvalue weighted by molar-refractivity contribution is 5.77. The normalized spacial score (nSPS) is 29.1. The highest BCUT2D eigenvalue weighted by Gasteiger charge is 2.47. The predicted molar refractivity (Wildman–Crippen MR) is 124 cm³/mol. The maximum atomic E-state index is 12.5. The summed E-state index contributed by atoms with van der Waals surface area (Å²) in [7, 11) is 4.34. The van der Waals surface area contributed by atoms with Gasteiger partial charge < -0.3 is 14.8 Å². The van der Waals surface area contributed by atoms with E-state index in [1.807, 2.05) is 25.2 Å². The molecule has 0 aliphatic carbocycles. The number of fused-ring (bicyclic) bond motifs is 1. The van der Waals surface area contributed by atoms with Crippen molar-refractivity contribution in [2.24, 2.45) is 18.9 Å². The van der Waals surface area contributed by atoms with Crippen molar-refractivity contribution in [1.82, 2.24) is 24.7 Å². The third-order valence-corrected chi connectivity index (χ3v) is 8.16. The highest BCUT2D eigenvalue weighted by Crippen LogP contribution is 2.42. The molecule has 4 heterocycles. The van der Waals surface area contributed by atoms with Gasteiger partial charge in [0.2, 0.25) is 5.91 Å². The lowest BCUT2D eigenvalue weighted by molar-refractivity contribution is -0.121. The number of aryl methyl sites for hydroxylation is 1. The molecule has 3 aliphatic rings. The average molecular weight is 424 g/mol. The van der Waals surface area contributed by atoms with Gasteiger partial charge in [-0.3, -0.25) is 9.69 Å². The smallest absolute Gasteiger partial charge is 0.220 e. The van der Waals surface area contributed by atoms with Gasteiger partial charge in [-0.05, 0) is 82.6 Å². The zero-order valence-corrected chi connectivity index (χ0v) is 19.1. The number of para-hydroxylation sites is 2. The molecular weight excluding hydrogens is 386 g/mol. The first-order valence-electron chi connectivity index (χ1n) is 12.2. The Labute approximate surface area is 186 Å². The zero-order chi connectivity index (χ0) is 21.4. The van der Waals surface area contributed by atoms with Crippen LogP contribution in [0.4, 0.5) is 0 Å². The van der Waals surface area contributed by atoms with Crippen molar-refractivity contribution < 1.29 is 4.79 Å². The number of carbonyl (C=O) groups excluding carboxylic acids is 1. The van der Waals surface area contributed by atoms with E-state index in [-0.39, 0.29) is 5.91 Å². The number of amides is 1. The Morgan fingerprint density at radius 2 is 1.97 bits per heavy atom. The van der Waals surface area contributed by atoms with E-state index >= 15 is 0 Å². The molecule has 3 aliphatic heterocycles. The SMILES string of the molecule is CN1C[C@@H]2CCCN3CCC[C@@H]([C@H]23)[C@H]1CCCC(=O)NCc1nc2ccccc2n1C. The van der Waals surface area contributed by atoms with Crippen LogP contribution >= 0.6 is 0 Å². The van der Waals surface area contributed by atoms with E-state index in [0.717, 1.165) is 47.6 Å². The molecule has 0 radical (unpaired) electrons. The molecule has 0 saturated carbocycles. The minimum absolute atomic E-state index is 0.145. The molecule has 1 amide bonds. The van der Waals surface area contributed by atoms with E-state index in [2.05, 4.69) is 37.8 Å². The Balaban J connectivity index is 1.13. The van der Waals surface area contributed by atoms with E-state index in [9.17, 15) is 4.79 Å². The first-order chi connectivity index (χ1) is 15.1. The van der Waals surface area contributed by atoms with Gasteiger partial charge in [-0.15, -0.1) is 0 Å². The van der Waals surface area contributed by atoms with Crippen LogP contribution in [0.2, 0.25) is 0 Å². The number of piperidine rings is 3. The van der Waals surface area contributed by atoms with Crippen molar-refractivity contribution in [1.29, 1.82) is 0 Å². The Morgan fingerprint density at radius 1 is 1.16 bits per heavy atom. The summed E-state index contributed by atoms with van der Waals surface area (Å²) in [5, 5.41) is 3.09. The summed E-state index contributed by atoms with van der Waals surface area (Å²) in [4.78, 5) is 22.6. The molecule has 1 aromatic heterocycles. The molecule has 3 saturated heterocycles. The molecule has 4 atom stereocenters. The first kappa shape index (κ1) is 21.0. The standard InChI is InChI=1S/C25H37N5O/c1-28-17-18-8-6-14-30-15-7-9-19(25(18)30)21(28)12-5-13-24(31)26-16-23-27-20-10-3-4-11-22(20)29(23)2/h3-4,10-11,18-19,21,25H,5-9,12-17H2,1-2H3,(H,26,31)/t18-,19+,21+,25-/m0/s1.